The molecule has 2 rings (SSSR count). The van der Waals surface area contributed by atoms with E-state index in [2.05, 4.69) is 19.2 Å². The number of nitrogen functional groups attached to an aromatic ring is 1. The molecule has 3 nitrogen and oxygen atoms in total. The highest BCUT2D eigenvalue weighted by atomic mass is 32.1. The highest BCUT2D eigenvalue weighted by molar-refractivity contribution is 7.16. The predicted octanol–water partition coefficient (Wildman–Crippen LogP) is 2.77. The lowest BCUT2D eigenvalue weighted by atomic mass is 9.82. The number of fused-ring (bicyclic) bond motifs is 1. The maximum atomic E-state index is 12.0. The summed E-state index contributed by atoms with van der Waals surface area (Å²) in [6.07, 6.45) is 2.18. The Labute approximate surface area is 106 Å². The van der Waals surface area contributed by atoms with Crippen molar-refractivity contribution in [3.8, 4) is 0 Å². The van der Waals surface area contributed by atoms with Crippen LogP contribution in [0, 0.1) is 5.92 Å². The number of hydrogen-bond donors (Lipinski definition) is 2. The number of rotatable bonds is 2. The molecule has 2 unspecified atom stereocenters. The molecule has 2 atom stereocenters. The summed E-state index contributed by atoms with van der Waals surface area (Å²) < 4.78 is 0. The number of amides is 1. The Morgan fingerprint density at radius 3 is 2.88 bits per heavy atom. The van der Waals surface area contributed by atoms with Crippen LogP contribution in [-0.2, 0) is 6.42 Å². The summed E-state index contributed by atoms with van der Waals surface area (Å²) in [7, 11) is 0. The van der Waals surface area contributed by atoms with Crippen LogP contribution < -0.4 is 11.1 Å². The maximum Gasteiger partial charge on any atom is 0.254 e. The third-order valence-corrected chi connectivity index (χ3v) is 4.68. The molecule has 0 spiro atoms. The van der Waals surface area contributed by atoms with E-state index < -0.39 is 0 Å². The van der Waals surface area contributed by atoms with E-state index in [1.807, 2.05) is 6.92 Å². The molecule has 0 fully saturated rings. The summed E-state index contributed by atoms with van der Waals surface area (Å²) in [6, 6.07) is 0. The minimum absolute atomic E-state index is 0.0104. The normalized spacial score (nSPS) is 23.2. The standard InChI is InChI=1S/C13H20N2OS/c1-4-15-13(16)10-9-6-7(2)5-8(3)11(9)17-12(10)14/h7-8H,4-6,14H2,1-3H3,(H,15,16). The van der Waals surface area contributed by atoms with E-state index in [0.29, 0.717) is 23.4 Å². The first-order valence-electron chi connectivity index (χ1n) is 6.23. The van der Waals surface area contributed by atoms with Crippen molar-refractivity contribution in [2.75, 3.05) is 12.3 Å². The molecule has 0 aromatic carbocycles. The molecular formula is C13H20N2OS. The Hall–Kier alpha value is -1.03. The van der Waals surface area contributed by atoms with Crippen LogP contribution in [0.25, 0.3) is 0 Å². The molecule has 0 bridgehead atoms. The average Bonchev–Trinajstić information content (AvgIpc) is 2.55. The number of carbonyl (C=O) groups is 1. The zero-order chi connectivity index (χ0) is 12.6. The largest absolute Gasteiger partial charge is 0.390 e. The Balaban J connectivity index is 2.43. The second-order valence-corrected chi connectivity index (χ2v) is 6.07. The molecule has 0 radical (unpaired) electrons. The topological polar surface area (TPSA) is 55.1 Å². The van der Waals surface area contributed by atoms with E-state index in [1.165, 1.54) is 16.9 Å². The molecule has 1 aliphatic rings. The molecule has 1 aromatic heterocycles. The van der Waals surface area contributed by atoms with Crippen molar-refractivity contribution >= 4 is 22.2 Å². The summed E-state index contributed by atoms with van der Waals surface area (Å²) in [6.45, 7) is 7.05. The summed E-state index contributed by atoms with van der Waals surface area (Å²) >= 11 is 1.60. The quantitative estimate of drug-likeness (QED) is 0.850. The van der Waals surface area contributed by atoms with Gasteiger partial charge in [-0.2, -0.15) is 0 Å². The monoisotopic (exact) mass is 252 g/mol. The Morgan fingerprint density at radius 2 is 2.24 bits per heavy atom. The van der Waals surface area contributed by atoms with Gasteiger partial charge in [-0.25, -0.2) is 0 Å². The third-order valence-electron chi connectivity index (χ3n) is 3.39. The van der Waals surface area contributed by atoms with Gasteiger partial charge in [-0.05, 0) is 37.2 Å². The van der Waals surface area contributed by atoms with Crippen molar-refractivity contribution < 1.29 is 4.79 Å². The number of carbonyl (C=O) groups excluding carboxylic acids is 1. The first-order valence-corrected chi connectivity index (χ1v) is 7.05. The molecule has 1 aromatic rings. The Bertz CT molecular complexity index is 439. The second kappa shape index (κ2) is 4.69. The molecule has 4 heteroatoms. The van der Waals surface area contributed by atoms with Crippen LogP contribution in [0.2, 0.25) is 0 Å². The van der Waals surface area contributed by atoms with Crippen molar-refractivity contribution in [3.05, 3.63) is 16.0 Å². The van der Waals surface area contributed by atoms with Crippen molar-refractivity contribution in [2.24, 2.45) is 5.92 Å². The molecule has 1 heterocycles. The van der Waals surface area contributed by atoms with Crippen molar-refractivity contribution in [2.45, 2.75) is 39.5 Å². The van der Waals surface area contributed by atoms with E-state index >= 15 is 0 Å². The molecule has 3 N–H and O–H groups in total. The van der Waals surface area contributed by atoms with E-state index in [9.17, 15) is 4.79 Å². The van der Waals surface area contributed by atoms with Crippen LogP contribution in [0.1, 0.15) is 53.9 Å². The lowest BCUT2D eigenvalue weighted by molar-refractivity contribution is 0.0955. The van der Waals surface area contributed by atoms with E-state index in [-0.39, 0.29) is 5.91 Å². The van der Waals surface area contributed by atoms with Gasteiger partial charge in [-0.3, -0.25) is 4.79 Å². The predicted molar refractivity (Wildman–Crippen MR) is 72.6 cm³/mol. The Kier molecular flexibility index (Phi) is 3.43. The second-order valence-electron chi connectivity index (χ2n) is 4.99. The number of hydrogen-bond acceptors (Lipinski definition) is 3. The SMILES string of the molecule is CCNC(=O)c1c(N)sc2c1CC(C)CC2C. The van der Waals surface area contributed by atoms with Crippen molar-refractivity contribution in [3.63, 3.8) is 0 Å². The first-order chi connectivity index (χ1) is 8.04. The summed E-state index contributed by atoms with van der Waals surface area (Å²) in [5.74, 6) is 1.16. The van der Waals surface area contributed by atoms with Crippen LogP contribution in [0.15, 0.2) is 0 Å². The van der Waals surface area contributed by atoms with Crippen LogP contribution in [-0.4, -0.2) is 12.5 Å². The van der Waals surface area contributed by atoms with Crippen LogP contribution in [0.4, 0.5) is 5.00 Å². The minimum atomic E-state index is -0.0104. The first kappa shape index (κ1) is 12.4. The summed E-state index contributed by atoms with van der Waals surface area (Å²) in [5.41, 5.74) is 7.96. The zero-order valence-electron chi connectivity index (χ0n) is 10.7. The van der Waals surface area contributed by atoms with E-state index in [1.54, 1.807) is 11.3 Å². The lowest BCUT2D eigenvalue weighted by Crippen LogP contribution is -2.25. The summed E-state index contributed by atoms with van der Waals surface area (Å²) in [5, 5.41) is 3.54. The minimum Gasteiger partial charge on any atom is -0.390 e. The molecule has 1 amide bonds. The van der Waals surface area contributed by atoms with Crippen LogP contribution in [0.3, 0.4) is 0 Å². The highest BCUT2D eigenvalue weighted by Crippen LogP contribution is 2.43. The van der Waals surface area contributed by atoms with Gasteiger partial charge in [-0.15, -0.1) is 11.3 Å². The van der Waals surface area contributed by atoms with Gasteiger partial charge < -0.3 is 11.1 Å². The van der Waals surface area contributed by atoms with Gasteiger partial charge in [0, 0.05) is 11.4 Å². The molecule has 0 saturated heterocycles. The van der Waals surface area contributed by atoms with Crippen molar-refractivity contribution in [1.29, 1.82) is 0 Å². The molecule has 0 aliphatic heterocycles. The number of nitrogens with one attached hydrogen (secondary N) is 1. The third kappa shape index (κ3) is 2.18. The fourth-order valence-corrected chi connectivity index (χ4v) is 3.90. The van der Waals surface area contributed by atoms with E-state index in [0.717, 1.165) is 12.0 Å². The molecular weight excluding hydrogens is 232 g/mol. The van der Waals surface area contributed by atoms with Crippen LogP contribution in [0.5, 0.6) is 0 Å². The highest BCUT2D eigenvalue weighted by Gasteiger charge is 2.30. The van der Waals surface area contributed by atoms with Gasteiger partial charge in [0.1, 0.15) is 0 Å². The van der Waals surface area contributed by atoms with Gasteiger partial charge in [-0.1, -0.05) is 13.8 Å². The van der Waals surface area contributed by atoms with E-state index in [4.69, 9.17) is 5.73 Å². The van der Waals surface area contributed by atoms with Gasteiger partial charge in [0.25, 0.3) is 5.91 Å². The molecule has 17 heavy (non-hydrogen) atoms. The lowest BCUT2D eigenvalue weighted by Gasteiger charge is -2.24. The fraction of sp³-hybridized carbons (Fsp3) is 0.615. The average molecular weight is 252 g/mol. The van der Waals surface area contributed by atoms with Gasteiger partial charge in [0.2, 0.25) is 0 Å². The van der Waals surface area contributed by atoms with Crippen LogP contribution >= 0.6 is 11.3 Å². The molecule has 0 saturated carbocycles. The van der Waals surface area contributed by atoms with Crippen molar-refractivity contribution in [1.82, 2.24) is 5.32 Å². The zero-order valence-corrected chi connectivity index (χ0v) is 11.5. The molecule has 1 aliphatic carbocycles. The van der Waals surface area contributed by atoms with Gasteiger partial charge in [0.05, 0.1) is 10.6 Å². The maximum absolute atomic E-state index is 12.0. The smallest absolute Gasteiger partial charge is 0.254 e. The Morgan fingerprint density at radius 1 is 1.53 bits per heavy atom. The number of nitrogens with two attached hydrogens (primary N) is 1. The number of anilines is 1. The summed E-state index contributed by atoms with van der Waals surface area (Å²) in [4.78, 5) is 13.3. The van der Waals surface area contributed by atoms with Gasteiger partial charge >= 0.3 is 0 Å². The fourth-order valence-electron chi connectivity index (χ4n) is 2.74. The molecule has 94 valence electrons. The van der Waals surface area contributed by atoms with Gasteiger partial charge in [0.15, 0.2) is 0 Å². The number of thiophene rings is 1.